The zero-order valence-corrected chi connectivity index (χ0v) is 22.7. The molecule has 2 N–H and O–H groups in total. The number of aliphatic carboxylic acids is 1. The Kier molecular flexibility index (Phi) is 8.48. The quantitative estimate of drug-likeness (QED) is 0.326. The molecule has 0 aromatic heterocycles. The molecule has 0 spiro atoms. The molecule has 0 atom stereocenters. The van der Waals surface area contributed by atoms with Gasteiger partial charge in [-0.2, -0.15) is 0 Å². The van der Waals surface area contributed by atoms with Crippen LogP contribution in [0.1, 0.15) is 61.1 Å². The van der Waals surface area contributed by atoms with Crippen LogP contribution in [0, 0.1) is 5.41 Å². The van der Waals surface area contributed by atoms with Crippen LogP contribution in [0.4, 0.5) is 4.79 Å². The number of hydrogen-bond acceptors (Lipinski definition) is 4. The number of nitrogens with one attached hydrogen (secondary N) is 1. The van der Waals surface area contributed by atoms with Gasteiger partial charge < -0.3 is 20.1 Å². The van der Waals surface area contributed by atoms with Crippen LogP contribution in [0.15, 0.2) is 78.9 Å². The number of carboxylic acid groups (broad SMARTS) is 1. The van der Waals surface area contributed by atoms with E-state index in [-0.39, 0.29) is 38.1 Å². The van der Waals surface area contributed by atoms with Crippen LogP contribution < -0.4 is 5.32 Å². The Morgan fingerprint density at radius 1 is 0.825 bits per heavy atom. The Labute approximate surface area is 235 Å². The van der Waals surface area contributed by atoms with Gasteiger partial charge in [-0.3, -0.25) is 9.59 Å². The van der Waals surface area contributed by atoms with E-state index in [9.17, 15) is 19.5 Å². The minimum absolute atomic E-state index is 0.0523. The van der Waals surface area contributed by atoms with Crippen molar-refractivity contribution in [1.29, 1.82) is 0 Å². The first-order valence-electron chi connectivity index (χ1n) is 14.1. The molecule has 1 saturated carbocycles. The summed E-state index contributed by atoms with van der Waals surface area (Å²) in [6.45, 7) is 0.131. The van der Waals surface area contributed by atoms with Crippen LogP contribution in [-0.4, -0.2) is 47.7 Å². The number of rotatable bonds is 9. The number of ether oxygens (including phenoxy) is 1. The number of carbonyl (C=O) groups is 3. The summed E-state index contributed by atoms with van der Waals surface area (Å²) >= 11 is 0. The van der Waals surface area contributed by atoms with E-state index in [1.54, 1.807) is 0 Å². The molecular formula is C33H36N2O5. The summed E-state index contributed by atoms with van der Waals surface area (Å²) in [7, 11) is 0. The number of carboxylic acids is 1. The maximum Gasteiger partial charge on any atom is 0.407 e. The lowest BCUT2D eigenvalue weighted by Crippen LogP contribution is -2.51. The molecule has 0 aliphatic heterocycles. The van der Waals surface area contributed by atoms with Gasteiger partial charge in [0.15, 0.2) is 0 Å². The third kappa shape index (κ3) is 6.03. The van der Waals surface area contributed by atoms with Crippen LogP contribution in [-0.2, 0) is 20.9 Å². The van der Waals surface area contributed by atoms with Gasteiger partial charge in [-0.05, 0) is 40.7 Å². The average molecular weight is 541 g/mol. The van der Waals surface area contributed by atoms with Crippen molar-refractivity contribution in [2.24, 2.45) is 5.41 Å². The first-order chi connectivity index (χ1) is 19.5. The van der Waals surface area contributed by atoms with Gasteiger partial charge in [0, 0.05) is 19.0 Å². The standard InChI is InChI=1S/C33H36N2O5/c36-30(37)21-35(20-24-12-4-3-5-13-24)31(38)33(18-10-1-2-11-19-33)23-34-32(39)40-22-29-27-16-8-6-14-25(27)26-15-7-9-17-28(26)29/h3-9,12-17,29H,1-2,10-11,18-23H2,(H,34,39)(H,36,37). The highest BCUT2D eigenvalue weighted by Gasteiger charge is 2.42. The van der Waals surface area contributed by atoms with Crippen LogP contribution in [0.2, 0.25) is 0 Å². The number of alkyl carbamates (subject to hydrolysis) is 1. The van der Waals surface area contributed by atoms with Crippen LogP contribution in [0.5, 0.6) is 0 Å². The van der Waals surface area contributed by atoms with E-state index >= 15 is 0 Å². The molecule has 0 saturated heterocycles. The summed E-state index contributed by atoms with van der Waals surface area (Å²) in [6, 6.07) is 25.8. The van der Waals surface area contributed by atoms with Gasteiger partial charge >= 0.3 is 12.1 Å². The van der Waals surface area contributed by atoms with Crippen molar-refractivity contribution in [3.05, 3.63) is 95.6 Å². The van der Waals surface area contributed by atoms with Crippen LogP contribution in [0.25, 0.3) is 11.1 Å². The van der Waals surface area contributed by atoms with Gasteiger partial charge in [-0.25, -0.2) is 4.79 Å². The third-order valence-electron chi connectivity index (χ3n) is 8.26. The summed E-state index contributed by atoms with van der Waals surface area (Å²) < 4.78 is 5.74. The lowest BCUT2D eigenvalue weighted by molar-refractivity contribution is -0.151. The van der Waals surface area contributed by atoms with Gasteiger partial charge in [0.1, 0.15) is 13.2 Å². The summed E-state index contributed by atoms with van der Waals surface area (Å²) in [5.41, 5.74) is 4.59. The summed E-state index contributed by atoms with van der Waals surface area (Å²) in [5.74, 6) is -1.33. The monoisotopic (exact) mass is 540 g/mol. The smallest absolute Gasteiger partial charge is 0.407 e. The zero-order valence-electron chi connectivity index (χ0n) is 22.7. The number of nitrogens with zero attached hydrogens (tertiary/aromatic N) is 1. The first-order valence-corrected chi connectivity index (χ1v) is 14.1. The fourth-order valence-corrected chi connectivity index (χ4v) is 6.26. The Morgan fingerprint density at radius 2 is 1.40 bits per heavy atom. The number of amides is 2. The second-order valence-corrected chi connectivity index (χ2v) is 10.9. The minimum Gasteiger partial charge on any atom is -0.480 e. The Balaban J connectivity index is 1.28. The SMILES string of the molecule is O=C(O)CN(Cc1ccccc1)C(=O)C1(CNC(=O)OCC2c3ccccc3-c3ccccc32)CCCCCC1. The number of carbonyl (C=O) groups excluding carboxylic acids is 2. The van der Waals surface area contributed by atoms with E-state index in [1.807, 2.05) is 54.6 Å². The Bertz CT molecular complexity index is 1300. The largest absolute Gasteiger partial charge is 0.480 e. The second-order valence-electron chi connectivity index (χ2n) is 10.9. The molecule has 1 fully saturated rings. The number of hydrogen-bond donors (Lipinski definition) is 2. The van der Waals surface area contributed by atoms with Crippen molar-refractivity contribution in [3.8, 4) is 11.1 Å². The summed E-state index contributed by atoms with van der Waals surface area (Å²) in [5, 5.41) is 12.5. The molecule has 0 radical (unpaired) electrons. The predicted octanol–water partition coefficient (Wildman–Crippen LogP) is 5.98. The molecule has 40 heavy (non-hydrogen) atoms. The summed E-state index contributed by atoms with van der Waals surface area (Å²) in [6.07, 6.45) is 4.36. The van der Waals surface area contributed by atoms with Crippen molar-refractivity contribution in [3.63, 3.8) is 0 Å². The highest BCUT2D eigenvalue weighted by molar-refractivity contribution is 5.87. The van der Waals surface area contributed by atoms with Gasteiger partial charge in [-0.1, -0.05) is 105 Å². The third-order valence-corrected chi connectivity index (χ3v) is 8.26. The first kappa shape index (κ1) is 27.4. The van der Waals surface area contributed by atoms with Crippen LogP contribution >= 0.6 is 0 Å². The molecule has 7 heteroatoms. The molecule has 3 aromatic carbocycles. The van der Waals surface area contributed by atoms with E-state index in [0.717, 1.165) is 53.5 Å². The lowest BCUT2D eigenvalue weighted by Gasteiger charge is -2.36. The zero-order chi connectivity index (χ0) is 28.0. The molecule has 7 nitrogen and oxygen atoms in total. The van der Waals surface area contributed by atoms with E-state index in [0.29, 0.717) is 12.8 Å². The Hall–Kier alpha value is -4.13. The van der Waals surface area contributed by atoms with E-state index in [2.05, 4.69) is 29.6 Å². The minimum atomic E-state index is -1.06. The van der Waals surface area contributed by atoms with Crippen LogP contribution in [0.3, 0.4) is 0 Å². The Morgan fingerprint density at radius 3 is 2.00 bits per heavy atom. The van der Waals surface area contributed by atoms with Crippen molar-refractivity contribution in [1.82, 2.24) is 10.2 Å². The number of benzene rings is 3. The molecule has 2 aliphatic carbocycles. The highest BCUT2D eigenvalue weighted by Crippen LogP contribution is 2.44. The topological polar surface area (TPSA) is 95.9 Å². The molecule has 2 amide bonds. The predicted molar refractivity (Wildman–Crippen MR) is 153 cm³/mol. The molecule has 3 aromatic rings. The average Bonchev–Trinajstić information content (AvgIpc) is 3.10. The van der Waals surface area contributed by atoms with Gasteiger partial charge in [0.2, 0.25) is 5.91 Å². The molecule has 0 bridgehead atoms. The molecule has 5 rings (SSSR count). The van der Waals surface area contributed by atoms with Crippen molar-refractivity contribution < 1.29 is 24.2 Å². The van der Waals surface area contributed by atoms with Gasteiger partial charge in [0.05, 0.1) is 5.41 Å². The molecule has 208 valence electrons. The van der Waals surface area contributed by atoms with E-state index in [4.69, 9.17) is 4.74 Å². The molecule has 0 unspecified atom stereocenters. The second kappa shape index (κ2) is 12.4. The molecule has 2 aliphatic rings. The number of fused-ring (bicyclic) bond motifs is 3. The normalized spacial score (nSPS) is 15.8. The van der Waals surface area contributed by atoms with E-state index < -0.39 is 17.5 Å². The van der Waals surface area contributed by atoms with E-state index in [1.165, 1.54) is 4.90 Å². The fraction of sp³-hybridized carbons (Fsp3) is 0.364. The van der Waals surface area contributed by atoms with Crippen molar-refractivity contribution >= 4 is 18.0 Å². The maximum atomic E-state index is 14.0. The van der Waals surface area contributed by atoms with Crippen molar-refractivity contribution in [2.45, 2.75) is 51.0 Å². The molecular weight excluding hydrogens is 504 g/mol. The van der Waals surface area contributed by atoms with Gasteiger partial charge in [-0.15, -0.1) is 0 Å². The fourth-order valence-electron chi connectivity index (χ4n) is 6.26. The van der Waals surface area contributed by atoms with Crippen molar-refractivity contribution in [2.75, 3.05) is 19.7 Å². The van der Waals surface area contributed by atoms with Gasteiger partial charge in [0.25, 0.3) is 0 Å². The summed E-state index contributed by atoms with van der Waals surface area (Å²) in [4.78, 5) is 40.2. The highest BCUT2D eigenvalue weighted by atomic mass is 16.5. The maximum absolute atomic E-state index is 14.0. The lowest BCUT2D eigenvalue weighted by atomic mass is 9.78. The molecule has 0 heterocycles.